The highest BCUT2D eigenvalue weighted by Crippen LogP contribution is 2.16. The molecule has 7 nitrogen and oxygen atoms in total. The molecule has 1 unspecified atom stereocenters. The summed E-state index contributed by atoms with van der Waals surface area (Å²) in [5.41, 5.74) is -0.976. The number of aliphatic carboxylic acids is 1. The molecular weight excluding hydrogens is 272 g/mol. The second kappa shape index (κ2) is 5.43. The molecule has 2 aromatic rings. The number of rotatable bonds is 5. The van der Waals surface area contributed by atoms with Crippen molar-refractivity contribution in [2.24, 2.45) is 7.05 Å². The van der Waals surface area contributed by atoms with Gasteiger partial charge in [-0.05, 0) is 25.5 Å². The van der Waals surface area contributed by atoms with Gasteiger partial charge in [0, 0.05) is 19.4 Å². The number of carbonyl (C=O) groups excluding carboxylic acids is 1. The van der Waals surface area contributed by atoms with E-state index in [4.69, 9.17) is 0 Å². The first-order valence-corrected chi connectivity index (χ1v) is 6.60. The Morgan fingerprint density at radius 2 is 2.00 bits per heavy atom. The fraction of sp³-hybridized carbons (Fsp3) is 0.357. The fourth-order valence-corrected chi connectivity index (χ4v) is 1.98. The van der Waals surface area contributed by atoms with Crippen LogP contribution in [-0.2, 0) is 11.8 Å². The zero-order valence-corrected chi connectivity index (χ0v) is 12.2. The lowest BCUT2D eigenvalue weighted by molar-refractivity contribution is -0.143. The number of carboxylic acids is 1. The lowest BCUT2D eigenvalue weighted by atomic mass is 9.99. The average molecular weight is 290 g/mol. The molecule has 2 N–H and O–H groups in total. The summed E-state index contributed by atoms with van der Waals surface area (Å²) in [5.74, 6) is -0.940. The summed E-state index contributed by atoms with van der Waals surface area (Å²) in [5, 5.41) is 15.9. The molecule has 0 aliphatic carbocycles. The number of hydrogen-bond donors (Lipinski definition) is 2. The molecule has 0 aliphatic rings. The third kappa shape index (κ3) is 2.67. The summed E-state index contributed by atoms with van der Waals surface area (Å²) in [6.45, 7) is 3.20. The highest BCUT2D eigenvalue weighted by atomic mass is 16.4. The monoisotopic (exact) mass is 290 g/mol. The van der Waals surface area contributed by atoms with Crippen molar-refractivity contribution >= 4 is 11.9 Å². The van der Waals surface area contributed by atoms with Crippen LogP contribution < -0.4 is 5.32 Å². The molecule has 0 saturated carbocycles. The molecule has 0 fully saturated rings. The maximum Gasteiger partial charge on any atom is 0.329 e. The molecular formula is C14H18N4O3. The van der Waals surface area contributed by atoms with E-state index >= 15 is 0 Å². The van der Waals surface area contributed by atoms with Crippen LogP contribution >= 0.6 is 0 Å². The number of nitrogens with zero attached hydrogens (tertiary/aromatic N) is 3. The summed E-state index contributed by atoms with van der Waals surface area (Å²) in [6, 6.07) is 3.67. The van der Waals surface area contributed by atoms with Crippen molar-refractivity contribution in [1.82, 2.24) is 19.7 Å². The number of hydrogen-bond acceptors (Lipinski definition) is 3. The van der Waals surface area contributed by atoms with E-state index in [1.54, 1.807) is 35.6 Å². The molecule has 0 radical (unpaired) electrons. The van der Waals surface area contributed by atoms with Crippen LogP contribution in [0.15, 0.2) is 30.7 Å². The van der Waals surface area contributed by atoms with Crippen molar-refractivity contribution in [3.63, 3.8) is 0 Å². The molecule has 2 heterocycles. The largest absolute Gasteiger partial charge is 0.480 e. The van der Waals surface area contributed by atoms with Crippen molar-refractivity contribution in [3.05, 3.63) is 36.3 Å². The molecule has 0 bridgehead atoms. The van der Waals surface area contributed by atoms with E-state index in [9.17, 15) is 14.7 Å². The van der Waals surface area contributed by atoms with Gasteiger partial charge in [-0.3, -0.25) is 9.48 Å². The highest BCUT2D eigenvalue weighted by molar-refractivity contribution is 6.00. The Morgan fingerprint density at radius 1 is 1.38 bits per heavy atom. The Morgan fingerprint density at radius 3 is 2.52 bits per heavy atom. The van der Waals surface area contributed by atoms with Gasteiger partial charge in [-0.25, -0.2) is 4.79 Å². The Balaban J connectivity index is 2.36. The molecule has 2 rings (SSSR count). The Bertz CT molecular complexity index is 660. The predicted octanol–water partition coefficient (Wildman–Crippen LogP) is 1.19. The third-order valence-corrected chi connectivity index (χ3v) is 3.57. The smallest absolute Gasteiger partial charge is 0.329 e. The van der Waals surface area contributed by atoms with E-state index < -0.39 is 17.4 Å². The standard InChI is InChI=1S/C14H18N4O3/c1-4-14(2,13(20)21)16-11(19)10-9-15-17(3)12(10)18-7-5-6-8-18/h5-9H,4H2,1-3H3,(H,16,19)(H,20,21). The normalized spacial score (nSPS) is 13.7. The van der Waals surface area contributed by atoms with Gasteiger partial charge in [-0.2, -0.15) is 5.10 Å². The molecule has 1 atom stereocenters. The van der Waals surface area contributed by atoms with Crippen LogP contribution in [0.1, 0.15) is 30.6 Å². The molecule has 1 amide bonds. The zero-order chi connectivity index (χ0) is 15.6. The quantitative estimate of drug-likeness (QED) is 0.865. The van der Waals surface area contributed by atoms with Gasteiger partial charge in [-0.15, -0.1) is 0 Å². The van der Waals surface area contributed by atoms with Crippen LogP contribution in [-0.4, -0.2) is 36.9 Å². The van der Waals surface area contributed by atoms with Crippen LogP contribution in [0.5, 0.6) is 0 Å². The summed E-state index contributed by atoms with van der Waals surface area (Å²) in [4.78, 5) is 23.7. The van der Waals surface area contributed by atoms with Crippen molar-refractivity contribution in [3.8, 4) is 5.82 Å². The second-order valence-electron chi connectivity index (χ2n) is 5.04. The summed E-state index contributed by atoms with van der Waals surface area (Å²) >= 11 is 0. The van der Waals surface area contributed by atoms with Crippen molar-refractivity contribution < 1.29 is 14.7 Å². The minimum absolute atomic E-state index is 0.285. The molecule has 0 aliphatic heterocycles. The number of aromatic nitrogens is 3. The van der Waals surface area contributed by atoms with Gasteiger partial charge < -0.3 is 15.0 Å². The van der Waals surface area contributed by atoms with E-state index in [-0.39, 0.29) is 6.42 Å². The predicted molar refractivity (Wildman–Crippen MR) is 76.3 cm³/mol. The Labute approximate surface area is 122 Å². The second-order valence-corrected chi connectivity index (χ2v) is 5.04. The maximum absolute atomic E-state index is 12.4. The van der Waals surface area contributed by atoms with Crippen molar-refractivity contribution in [2.45, 2.75) is 25.8 Å². The van der Waals surface area contributed by atoms with Crippen LogP contribution in [0.4, 0.5) is 0 Å². The number of carbonyl (C=O) groups is 2. The Hall–Kier alpha value is -2.57. The summed E-state index contributed by atoms with van der Waals surface area (Å²) in [6.07, 6.45) is 5.31. The van der Waals surface area contributed by atoms with Crippen molar-refractivity contribution in [2.75, 3.05) is 0 Å². The van der Waals surface area contributed by atoms with Gasteiger partial charge in [-0.1, -0.05) is 6.92 Å². The molecule has 2 aromatic heterocycles. The van der Waals surface area contributed by atoms with Crippen LogP contribution in [0, 0.1) is 0 Å². The van der Waals surface area contributed by atoms with E-state index in [2.05, 4.69) is 10.4 Å². The molecule has 0 spiro atoms. The lowest BCUT2D eigenvalue weighted by Crippen LogP contribution is -2.51. The van der Waals surface area contributed by atoms with E-state index in [1.165, 1.54) is 13.1 Å². The number of carboxylic acid groups (broad SMARTS) is 1. The first-order valence-electron chi connectivity index (χ1n) is 6.60. The molecule has 0 saturated heterocycles. The summed E-state index contributed by atoms with van der Waals surface area (Å²) < 4.78 is 3.32. The molecule has 112 valence electrons. The van der Waals surface area contributed by atoms with Gasteiger partial charge in [0.25, 0.3) is 5.91 Å². The highest BCUT2D eigenvalue weighted by Gasteiger charge is 2.34. The average Bonchev–Trinajstić information content (AvgIpc) is 3.06. The minimum atomic E-state index is -1.30. The van der Waals surface area contributed by atoms with E-state index in [0.717, 1.165) is 0 Å². The zero-order valence-electron chi connectivity index (χ0n) is 12.2. The fourth-order valence-electron chi connectivity index (χ4n) is 1.98. The maximum atomic E-state index is 12.4. The van der Waals surface area contributed by atoms with Gasteiger partial charge in [0.2, 0.25) is 0 Å². The Kier molecular flexibility index (Phi) is 3.84. The number of aryl methyl sites for hydroxylation is 1. The SMILES string of the molecule is CCC(C)(NC(=O)c1cnn(C)c1-n1cccc1)C(=O)O. The van der Waals surface area contributed by atoms with Gasteiger partial charge in [0.1, 0.15) is 16.9 Å². The van der Waals surface area contributed by atoms with Crippen molar-refractivity contribution in [1.29, 1.82) is 0 Å². The van der Waals surface area contributed by atoms with Crippen LogP contribution in [0.25, 0.3) is 5.82 Å². The number of nitrogens with one attached hydrogen (secondary N) is 1. The lowest BCUT2D eigenvalue weighted by Gasteiger charge is -2.24. The number of amides is 1. The molecule has 0 aromatic carbocycles. The van der Waals surface area contributed by atoms with E-state index in [0.29, 0.717) is 11.4 Å². The first kappa shape index (κ1) is 14.8. The topological polar surface area (TPSA) is 89.2 Å². The molecule has 7 heteroatoms. The first-order chi connectivity index (χ1) is 9.89. The molecule has 21 heavy (non-hydrogen) atoms. The van der Waals surface area contributed by atoms with E-state index in [1.807, 2.05) is 12.1 Å². The summed E-state index contributed by atoms with van der Waals surface area (Å²) in [7, 11) is 1.72. The van der Waals surface area contributed by atoms with Crippen LogP contribution in [0.3, 0.4) is 0 Å². The minimum Gasteiger partial charge on any atom is -0.480 e. The van der Waals surface area contributed by atoms with Gasteiger partial charge in [0.15, 0.2) is 0 Å². The third-order valence-electron chi connectivity index (χ3n) is 3.57. The van der Waals surface area contributed by atoms with Gasteiger partial charge in [0.05, 0.1) is 6.20 Å². The van der Waals surface area contributed by atoms with Gasteiger partial charge >= 0.3 is 5.97 Å². The van der Waals surface area contributed by atoms with Crippen LogP contribution in [0.2, 0.25) is 0 Å².